The van der Waals surface area contributed by atoms with Gasteiger partial charge in [0.05, 0.1) is 5.56 Å². The maximum absolute atomic E-state index is 12.8. The van der Waals surface area contributed by atoms with Gasteiger partial charge in [0.1, 0.15) is 0 Å². The fourth-order valence-corrected chi connectivity index (χ4v) is 2.64. The Labute approximate surface area is 96.6 Å². The molecular formula is C11H11ClF3N. The number of hydrogen-bond donors (Lipinski definition) is 0. The molecule has 2 atom stereocenters. The standard InChI is InChI=1S/C11H11ClF3N/c12-10-3-1-2-7(10)8-6-16-5-4-9(8)11(13,14)15/h4-7,10H,1-3H2. The van der Waals surface area contributed by atoms with Gasteiger partial charge in [0.2, 0.25) is 0 Å². The molecule has 0 amide bonds. The Hall–Kier alpha value is -0.770. The van der Waals surface area contributed by atoms with Gasteiger partial charge in [-0.05, 0) is 24.5 Å². The summed E-state index contributed by atoms with van der Waals surface area (Å²) < 4.78 is 38.3. The fraction of sp³-hybridized carbons (Fsp3) is 0.545. The van der Waals surface area contributed by atoms with Crippen LogP contribution >= 0.6 is 11.6 Å². The van der Waals surface area contributed by atoms with Gasteiger partial charge in [-0.2, -0.15) is 13.2 Å². The van der Waals surface area contributed by atoms with E-state index in [0.29, 0.717) is 6.42 Å². The van der Waals surface area contributed by atoms with E-state index in [4.69, 9.17) is 11.6 Å². The summed E-state index contributed by atoms with van der Waals surface area (Å²) in [6.07, 6.45) is 0.516. The molecule has 5 heteroatoms. The molecule has 1 aromatic rings. The number of nitrogens with zero attached hydrogens (tertiary/aromatic N) is 1. The van der Waals surface area contributed by atoms with E-state index in [1.54, 1.807) is 0 Å². The van der Waals surface area contributed by atoms with Crippen molar-refractivity contribution in [3.63, 3.8) is 0 Å². The summed E-state index contributed by atoms with van der Waals surface area (Å²) in [5, 5.41) is -0.203. The van der Waals surface area contributed by atoms with E-state index in [1.807, 2.05) is 0 Å². The SMILES string of the molecule is FC(F)(F)c1ccncc1C1CCCC1Cl. The fourth-order valence-electron chi connectivity index (χ4n) is 2.23. The van der Waals surface area contributed by atoms with Crippen LogP contribution in [0, 0.1) is 0 Å². The molecule has 0 aromatic carbocycles. The van der Waals surface area contributed by atoms with Crippen molar-refractivity contribution >= 4 is 11.6 Å². The molecule has 2 unspecified atom stereocenters. The lowest BCUT2D eigenvalue weighted by molar-refractivity contribution is -0.138. The molecule has 1 fully saturated rings. The average Bonchev–Trinajstić information content (AvgIpc) is 2.63. The van der Waals surface area contributed by atoms with Crippen molar-refractivity contribution in [1.82, 2.24) is 4.98 Å². The van der Waals surface area contributed by atoms with Gasteiger partial charge in [-0.15, -0.1) is 11.6 Å². The minimum absolute atomic E-state index is 0.203. The Morgan fingerprint density at radius 3 is 2.62 bits per heavy atom. The van der Waals surface area contributed by atoms with Gasteiger partial charge in [-0.25, -0.2) is 0 Å². The van der Waals surface area contributed by atoms with Crippen molar-refractivity contribution in [1.29, 1.82) is 0 Å². The first-order valence-corrected chi connectivity index (χ1v) is 5.59. The largest absolute Gasteiger partial charge is 0.416 e. The van der Waals surface area contributed by atoms with Crippen LogP contribution in [0.25, 0.3) is 0 Å². The van der Waals surface area contributed by atoms with E-state index in [2.05, 4.69) is 4.98 Å². The van der Waals surface area contributed by atoms with Crippen molar-refractivity contribution in [3.05, 3.63) is 29.6 Å². The van der Waals surface area contributed by atoms with Crippen LogP contribution in [0.1, 0.15) is 36.3 Å². The third kappa shape index (κ3) is 2.17. The van der Waals surface area contributed by atoms with E-state index in [9.17, 15) is 13.2 Å². The predicted molar refractivity (Wildman–Crippen MR) is 55.5 cm³/mol. The van der Waals surface area contributed by atoms with Crippen LogP contribution in [0.2, 0.25) is 0 Å². The molecular weight excluding hydrogens is 239 g/mol. The van der Waals surface area contributed by atoms with Crippen molar-refractivity contribution in [2.45, 2.75) is 36.7 Å². The molecule has 1 heterocycles. The Bertz CT molecular complexity index is 378. The zero-order chi connectivity index (χ0) is 11.8. The molecule has 1 aliphatic rings. The molecule has 16 heavy (non-hydrogen) atoms. The Balaban J connectivity index is 2.40. The molecule has 88 valence electrons. The topological polar surface area (TPSA) is 12.9 Å². The lowest BCUT2D eigenvalue weighted by Crippen LogP contribution is -2.15. The quantitative estimate of drug-likeness (QED) is 0.686. The van der Waals surface area contributed by atoms with Crippen LogP contribution in [-0.4, -0.2) is 10.4 Å². The second-order valence-corrected chi connectivity index (χ2v) is 4.57. The van der Waals surface area contributed by atoms with Crippen LogP contribution in [0.5, 0.6) is 0 Å². The molecule has 2 rings (SSSR count). The van der Waals surface area contributed by atoms with E-state index in [1.165, 1.54) is 12.4 Å². The van der Waals surface area contributed by atoms with Gasteiger partial charge in [0, 0.05) is 23.7 Å². The minimum atomic E-state index is -4.32. The number of hydrogen-bond acceptors (Lipinski definition) is 1. The molecule has 0 saturated heterocycles. The Morgan fingerprint density at radius 2 is 2.06 bits per heavy atom. The van der Waals surface area contributed by atoms with Gasteiger partial charge < -0.3 is 0 Å². The smallest absolute Gasteiger partial charge is 0.264 e. The van der Waals surface area contributed by atoms with Crippen molar-refractivity contribution in [2.75, 3.05) is 0 Å². The molecule has 1 saturated carbocycles. The zero-order valence-electron chi connectivity index (χ0n) is 8.47. The van der Waals surface area contributed by atoms with E-state index in [0.717, 1.165) is 18.9 Å². The molecule has 1 nitrogen and oxygen atoms in total. The summed E-state index contributed by atoms with van der Waals surface area (Å²) in [5.74, 6) is -0.216. The monoisotopic (exact) mass is 249 g/mol. The van der Waals surface area contributed by atoms with Crippen LogP contribution < -0.4 is 0 Å². The number of rotatable bonds is 1. The first-order valence-electron chi connectivity index (χ1n) is 5.15. The van der Waals surface area contributed by atoms with Gasteiger partial charge in [-0.3, -0.25) is 4.98 Å². The second kappa shape index (κ2) is 4.24. The van der Waals surface area contributed by atoms with Crippen molar-refractivity contribution < 1.29 is 13.2 Å². The zero-order valence-corrected chi connectivity index (χ0v) is 9.22. The number of alkyl halides is 4. The summed E-state index contributed by atoms with van der Waals surface area (Å²) in [5.41, 5.74) is -0.354. The highest BCUT2D eigenvalue weighted by Gasteiger charge is 2.38. The lowest BCUT2D eigenvalue weighted by atomic mass is 9.94. The van der Waals surface area contributed by atoms with E-state index >= 15 is 0 Å². The van der Waals surface area contributed by atoms with Gasteiger partial charge >= 0.3 is 6.18 Å². The van der Waals surface area contributed by atoms with Crippen LogP contribution in [-0.2, 0) is 6.18 Å². The maximum Gasteiger partial charge on any atom is 0.416 e. The minimum Gasteiger partial charge on any atom is -0.264 e. The second-order valence-electron chi connectivity index (χ2n) is 4.01. The molecule has 0 spiro atoms. The average molecular weight is 250 g/mol. The summed E-state index contributed by atoms with van der Waals surface area (Å²) in [6.45, 7) is 0. The summed E-state index contributed by atoms with van der Waals surface area (Å²) >= 11 is 6.04. The third-order valence-corrected chi connectivity index (χ3v) is 3.51. The first-order chi connectivity index (χ1) is 7.50. The molecule has 0 radical (unpaired) electrons. The Kier molecular flexibility index (Phi) is 3.10. The highest BCUT2D eigenvalue weighted by molar-refractivity contribution is 6.21. The number of halogens is 4. The van der Waals surface area contributed by atoms with Gasteiger partial charge in [0.15, 0.2) is 0 Å². The summed E-state index contributed by atoms with van der Waals surface area (Å²) in [4.78, 5) is 3.78. The van der Waals surface area contributed by atoms with Crippen molar-refractivity contribution in [3.8, 4) is 0 Å². The maximum atomic E-state index is 12.8. The van der Waals surface area contributed by atoms with Crippen molar-refractivity contribution in [2.24, 2.45) is 0 Å². The highest BCUT2D eigenvalue weighted by atomic mass is 35.5. The van der Waals surface area contributed by atoms with E-state index < -0.39 is 11.7 Å². The molecule has 1 aliphatic carbocycles. The summed E-state index contributed by atoms with van der Waals surface area (Å²) in [6, 6.07) is 1.03. The normalized spacial score (nSPS) is 26.0. The molecule has 1 aromatic heterocycles. The van der Waals surface area contributed by atoms with Crippen LogP contribution in [0.3, 0.4) is 0 Å². The Morgan fingerprint density at radius 1 is 1.31 bits per heavy atom. The third-order valence-electron chi connectivity index (χ3n) is 2.99. The van der Waals surface area contributed by atoms with Gasteiger partial charge in [-0.1, -0.05) is 6.42 Å². The molecule has 0 aliphatic heterocycles. The lowest BCUT2D eigenvalue weighted by Gasteiger charge is -2.19. The van der Waals surface area contributed by atoms with Gasteiger partial charge in [0.25, 0.3) is 0 Å². The highest BCUT2D eigenvalue weighted by Crippen LogP contribution is 2.43. The molecule has 0 N–H and O–H groups in total. The van der Waals surface area contributed by atoms with E-state index in [-0.39, 0.29) is 16.9 Å². The summed E-state index contributed by atoms with van der Waals surface area (Å²) in [7, 11) is 0. The number of aromatic nitrogens is 1. The first kappa shape index (κ1) is 11.7. The number of pyridine rings is 1. The van der Waals surface area contributed by atoms with Crippen LogP contribution in [0.15, 0.2) is 18.5 Å². The van der Waals surface area contributed by atoms with Crippen LogP contribution in [0.4, 0.5) is 13.2 Å². The molecule has 0 bridgehead atoms. The predicted octanol–water partition coefficient (Wildman–Crippen LogP) is 3.98.